The molecule has 0 radical (unpaired) electrons. The third kappa shape index (κ3) is 4.92. The second kappa shape index (κ2) is 8.95. The number of rotatable bonds is 6. The fourth-order valence-corrected chi connectivity index (χ4v) is 3.41. The van der Waals surface area contributed by atoms with E-state index in [1.54, 1.807) is 12.1 Å². The largest absolute Gasteiger partial charge is 0.352 e. The molecule has 0 aliphatic carbocycles. The molecule has 0 atom stereocenters. The lowest BCUT2D eigenvalue weighted by atomic mass is 10.0. The number of nitrogens with zero attached hydrogens (tertiary/aromatic N) is 1. The Kier molecular flexibility index (Phi) is 6.40. The zero-order valence-corrected chi connectivity index (χ0v) is 15.4. The average Bonchev–Trinajstić information content (AvgIpc) is 2.66. The number of amides is 1. The molecular weight excluding hydrogens is 327 g/mol. The van der Waals surface area contributed by atoms with Crippen molar-refractivity contribution in [3.8, 4) is 11.1 Å². The molecule has 4 heteroatoms. The van der Waals surface area contributed by atoms with Gasteiger partial charge in [0.2, 0.25) is 0 Å². The van der Waals surface area contributed by atoms with Gasteiger partial charge in [0.25, 0.3) is 5.91 Å². The van der Waals surface area contributed by atoms with E-state index < -0.39 is 5.82 Å². The summed E-state index contributed by atoms with van der Waals surface area (Å²) in [6, 6.07) is 12.7. The highest BCUT2D eigenvalue weighted by Gasteiger charge is 2.13. The van der Waals surface area contributed by atoms with Gasteiger partial charge in [0.05, 0.1) is 5.56 Å². The van der Waals surface area contributed by atoms with Crippen molar-refractivity contribution in [1.29, 1.82) is 0 Å². The molecular formula is C22H27FN2O. The molecule has 1 saturated heterocycles. The Bertz CT molecular complexity index is 736. The first-order chi connectivity index (χ1) is 12.6. The maximum atomic E-state index is 14.4. The van der Waals surface area contributed by atoms with Gasteiger partial charge in [-0.15, -0.1) is 0 Å². The number of benzene rings is 2. The van der Waals surface area contributed by atoms with Crippen LogP contribution in [0.2, 0.25) is 0 Å². The summed E-state index contributed by atoms with van der Waals surface area (Å²) in [7, 11) is 0. The Morgan fingerprint density at radius 3 is 2.42 bits per heavy atom. The average molecular weight is 354 g/mol. The van der Waals surface area contributed by atoms with E-state index in [-0.39, 0.29) is 11.5 Å². The normalized spacial score (nSPS) is 15.0. The third-order valence-corrected chi connectivity index (χ3v) is 4.98. The number of aryl methyl sites for hydroxylation is 1. The molecule has 1 heterocycles. The van der Waals surface area contributed by atoms with Gasteiger partial charge in [-0.3, -0.25) is 4.79 Å². The number of carbonyl (C=O) groups is 1. The van der Waals surface area contributed by atoms with E-state index in [1.807, 2.05) is 31.2 Å². The molecule has 0 bridgehead atoms. The Morgan fingerprint density at radius 2 is 1.73 bits per heavy atom. The summed E-state index contributed by atoms with van der Waals surface area (Å²) in [5, 5.41) is 2.84. The first-order valence-electron chi connectivity index (χ1n) is 9.50. The summed E-state index contributed by atoms with van der Waals surface area (Å²) in [6.07, 6.45) is 4.76. The topological polar surface area (TPSA) is 32.3 Å². The number of halogens is 1. The van der Waals surface area contributed by atoms with Crippen LogP contribution in [0.25, 0.3) is 11.1 Å². The van der Waals surface area contributed by atoms with E-state index in [0.29, 0.717) is 6.54 Å². The van der Waals surface area contributed by atoms with Crippen LogP contribution in [-0.4, -0.2) is 37.0 Å². The van der Waals surface area contributed by atoms with Gasteiger partial charge in [0, 0.05) is 6.54 Å². The molecule has 2 aromatic carbocycles. The first-order valence-corrected chi connectivity index (χ1v) is 9.50. The van der Waals surface area contributed by atoms with Gasteiger partial charge >= 0.3 is 0 Å². The molecule has 1 amide bonds. The first kappa shape index (κ1) is 18.6. The monoisotopic (exact) mass is 354 g/mol. The van der Waals surface area contributed by atoms with Crippen LogP contribution in [-0.2, 0) is 0 Å². The molecule has 3 nitrogen and oxygen atoms in total. The number of hydrogen-bond donors (Lipinski definition) is 1. The molecule has 2 aromatic rings. The smallest absolute Gasteiger partial charge is 0.254 e. The van der Waals surface area contributed by atoms with E-state index in [9.17, 15) is 9.18 Å². The van der Waals surface area contributed by atoms with Crippen LogP contribution < -0.4 is 5.32 Å². The summed E-state index contributed by atoms with van der Waals surface area (Å²) >= 11 is 0. The van der Waals surface area contributed by atoms with Crippen molar-refractivity contribution in [1.82, 2.24) is 10.2 Å². The minimum Gasteiger partial charge on any atom is -0.352 e. The van der Waals surface area contributed by atoms with E-state index in [0.717, 1.165) is 42.7 Å². The predicted octanol–water partition coefficient (Wildman–Crippen LogP) is 4.41. The summed E-state index contributed by atoms with van der Waals surface area (Å²) in [5.41, 5.74) is 3.00. The standard InChI is InChI=1S/C22H27FN2O/c1-17-6-8-18(9-7-17)19-10-11-20(21(23)16-19)22(26)24-12-5-15-25-13-3-2-4-14-25/h6-11,16H,2-5,12-15H2,1H3,(H,24,26). The summed E-state index contributed by atoms with van der Waals surface area (Å²) < 4.78 is 14.4. The Balaban J connectivity index is 1.53. The van der Waals surface area contributed by atoms with E-state index in [2.05, 4.69) is 10.2 Å². The van der Waals surface area contributed by atoms with Crippen molar-refractivity contribution < 1.29 is 9.18 Å². The quantitative estimate of drug-likeness (QED) is 0.780. The van der Waals surface area contributed by atoms with Crippen LogP contribution in [0.15, 0.2) is 42.5 Å². The second-order valence-corrected chi connectivity index (χ2v) is 7.07. The Labute approximate surface area is 155 Å². The minimum absolute atomic E-state index is 0.110. The maximum absolute atomic E-state index is 14.4. The molecule has 0 saturated carbocycles. The number of piperidine rings is 1. The van der Waals surface area contributed by atoms with Crippen molar-refractivity contribution >= 4 is 5.91 Å². The van der Waals surface area contributed by atoms with Gasteiger partial charge in [0.1, 0.15) is 5.82 Å². The highest BCUT2D eigenvalue weighted by Crippen LogP contribution is 2.22. The second-order valence-electron chi connectivity index (χ2n) is 7.07. The van der Waals surface area contributed by atoms with Crippen LogP contribution in [0.1, 0.15) is 41.6 Å². The molecule has 1 N–H and O–H groups in total. The third-order valence-electron chi connectivity index (χ3n) is 4.98. The highest BCUT2D eigenvalue weighted by atomic mass is 19.1. The van der Waals surface area contributed by atoms with Gasteiger partial charge in [-0.2, -0.15) is 0 Å². The van der Waals surface area contributed by atoms with Crippen molar-refractivity contribution in [2.45, 2.75) is 32.6 Å². The van der Waals surface area contributed by atoms with Gasteiger partial charge in [-0.25, -0.2) is 4.39 Å². The SMILES string of the molecule is Cc1ccc(-c2ccc(C(=O)NCCCN3CCCCC3)c(F)c2)cc1. The molecule has 1 aliphatic rings. The summed E-state index contributed by atoms with van der Waals surface area (Å²) in [5.74, 6) is -0.812. The zero-order valence-electron chi connectivity index (χ0n) is 15.4. The van der Waals surface area contributed by atoms with Crippen LogP contribution in [0, 0.1) is 12.7 Å². The summed E-state index contributed by atoms with van der Waals surface area (Å²) in [4.78, 5) is 14.7. The molecule has 1 aliphatic heterocycles. The van der Waals surface area contributed by atoms with Crippen LogP contribution >= 0.6 is 0 Å². The van der Waals surface area contributed by atoms with Crippen LogP contribution in [0.5, 0.6) is 0 Å². The lowest BCUT2D eigenvalue weighted by molar-refractivity contribution is 0.0947. The van der Waals surface area contributed by atoms with E-state index >= 15 is 0 Å². The van der Waals surface area contributed by atoms with Gasteiger partial charge in [-0.05, 0) is 69.1 Å². The lowest BCUT2D eigenvalue weighted by Crippen LogP contribution is -2.33. The maximum Gasteiger partial charge on any atom is 0.254 e. The number of nitrogens with one attached hydrogen (secondary N) is 1. The predicted molar refractivity (Wildman–Crippen MR) is 104 cm³/mol. The number of likely N-dealkylation sites (tertiary alicyclic amines) is 1. The zero-order chi connectivity index (χ0) is 18.4. The van der Waals surface area contributed by atoms with E-state index in [1.165, 1.54) is 25.3 Å². The van der Waals surface area contributed by atoms with Crippen molar-refractivity contribution in [2.24, 2.45) is 0 Å². The molecule has 26 heavy (non-hydrogen) atoms. The summed E-state index contributed by atoms with van der Waals surface area (Å²) in [6.45, 7) is 5.90. The van der Waals surface area contributed by atoms with Crippen molar-refractivity contribution in [2.75, 3.05) is 26.2 Å². The molecule has 0 aromatic heterocycles. The van der Waals surface area contributed by atoms with Crippen LogP contribution in [0.4, 0.5) is 4.39 Å². The molecule has 1 fully saturated rings. The van der Waals surface area contributed by atoms with E-state index in [4.69, 9.17) is 0 Å². The molecule has 138 valence electrons. The van der Waals surface area contributed by atoms with Gasteiger partial charge < -0.3 is 10.2 Å². The molecule has 0 unspecified atom stereocenters. The molecule has 0 spiro atoms. The van der Waals surface area contributed by atoms with Crippen molar-refractivity contribution in [3.05, 3.63) is 59.4 Å². The minimum atomic E-state index is -0.475. The Morgan fingerprint density at radius 1 is 1.04 bits per heavy atom. The van der Waals surface area contributed by atoms with Gasteiger partial charge in [-0.1, -0.05) is 42.3 Å². The van der Waals surface area contributed by atoms with Crippen molar-refractivity contribution in [3.63, 3.8) is 0 Å². The van der Waals surface area contributed by atoms with Gasteiger partial charge in [0.15, 0.2) is 0 Å². The van der Waals surface area contributed by atoms with Crippen LogP contribution in [0.3, 0.4) is 0 Å². The lowest BCUT2D eigenvalue weighted by Gasteiger charge is -2.26. The molecule has 3 rings (SSSR count). The number of carbonyl (C=O) groups excluding carboxylic acids is 1. The highest BCUT2D eigenvalue weighted by molar-refractivity contribution is 5.95. The number of hydrogen-bond acceptors (Lipinski definition) is 2. The fourth-order valence-electron chi connectivity index (χ4n) is 3.41. The Hall–Kier alpha value is -2.20. The fraction of sp³-hybridized carbons (Fsp3) is 0.409.